The molecule has 0 aliphatic carbocycles. The van der Waals surface area contributed by atoms with Gasteiger partial charge in [-0.1, -0.05) is 6.07 Å². The van der Waals surface area contributed by atoms with Crippen LogP contribution in [0.1, 0.15) is 28.9 Å². The lowest BCUT2D eigenvalue weighted by atomic mass is 9.87. The molecule has 32 heavy (non-hydrogen) atoms. The van der Waals surface area contributed by atoms with Crippen LogP contribution in [0, 0.1) is 11.9 Å². The number of rotatable bonds is 7. The first-order valence-corrected chi connectivity index (χ1v) is 10.2. The molecule has 1 saturated heterocycles. The number of nitrogens with one attached hydrogen (secondary N) is 1. The predicted octanol–water partition coefficient (Wildman–Crippen LogP) is 1.74. The zero-order valence-corrected chi connectivity index (χ0v) is 17.3. The molecular formula is C21H24F2N8O. The molecule has 1 aliphatic heterocycles. The van der Waals surface area contributed by atoms with Crippen molar-refractivity contribution in [2.75, 3.05) is 25.0 Å². The first-order valence-electron chi connectivity index (χ1n) is 10.2. The summed E-state index contributed by atoms with van der Waals surface area (Å²) >= 11 is 0. The first-order chi connectivity index (χ1) is 15.4. The Morgan fingerprint density at radius 3 is 2.62 bits per heavy atom. The fourth-order valence-electron chi connectivity index (χ4n) is 3.93. The molecule has 0 bridgehead atoms. The zero-order valence-electron chi connectivity index (χ0n) is 17.3. The largest absolute Gasteiger partial charge is 0.365 e. The van der Waals surface area contributed by atoms with Gasteiger partial charge in [0.05, 0.1) is 11.2 Å². The highest BCUT2D eigenvalue weighted by molar-refractivity contribution is 5.98. The lowest BCUT2D eigenvalue weighted by Crippen LogP contribution is -2.50. The van der Waals surface area contributed by atoms with Crippen LogP contribution in [0.4, 0.5) is 20.3 Å². The second kappa shape index (κ2) is 8.97. The molecular weight excluding hydrogens is 418 g/mol. The van der Waals surface area contributed by atoms with Crippen LogP contribution in [0.25, 0.3) is 0 Å². The molecule has 1 fully saturated rings. The van der Waals surface area contributed by atoms with Gasteiger partial charge in [-0.25, -0.2) is 9.97 Å². The van der Waals surface area contributed by atoms with Crippen molar-refractivity contribution in [3.05, 3.63) is 65.9 Å². The number of amides is 1. The number of anilines is 2. The molecule has 1 aliphatic rings. The number of carbonyl (C=O) groups is 1. The minimum absolute atomic E-state index is 0.182. The standard InChI is InChI=1S/C21H24F2N8O/c22-17-3-1-2-15(27-17)11-30-8-5-21(13-24,6-9-30)31-12-16(19(25)32)20(29-31)28-14-4-7-26-18(23)10-14/h1-4,7,10,12H,5-6,8-9,11,13,24H2,(H2,25,32)(H,26,28,29). The third-order valence-corrected chi connectivity index (χ3v) is 5.78. The van der Waals surface area contributed by atoms with Crippen molar-refractivity contribution in [3.8, 4) is 0 Å². The number of aromatic nitrogens is 4. The number of likely N-dealkylation sites (tertiary alicyclic amines) is 1. The minimum atomic E-state index is -0.659. The van der Waals surface area contributed by atoms with Crippen LogP contribution in [0.2, 0.25) is 0 Å². The minimum Gasteiger partial charge on any atom is -0.365 e. The maximum absolute atomic E-state index is 13.4. The van der Waals surface area contributed by atoms with Gasteiger partial charge in [0, 0.05) is 50.3 Å². The van der Waals surface area contributed by atoms with Gasteiger partial charge >= 0.3 is 0 Å². The predicted molar refractivity (Wildman–Crippen MR) is 114 cm³/mol. The van der Waals surface area contributed by atoms with Gasteiger partial charge in [-0.3, -0.25) is 14.4 Å². The molecule has 0 saturated carbocycles. The number of nitrogens with two attached hydrogens (primary N) is 2. The van der Waals surface area contributed by atoms with E-state index in [1.165, 1.54) is 18.3 Å². The third kappa shape index (κ3) is 4.58. The van der Waals surface area contributed by atoms with E-state index in [1.54, 1.807) is 29.1 Å². The van der Waals surface area contributed by atoms with Crippen LogP contribution in [0.3, 0.4) is 0 Å². The van der Waals surface area contributed by atoms with Gasteiger partial charge < -0.3 is 16.8 Å². The first kappa shape index (κ1) is 21.8. The SMILES string of the molecule is NCC1(n2cc(C(N)=O)c(Nc3ccnc(F)c3)n2)CCN(Cc2cccc(F)n2)CC1. The molecule has 0 atom stereocenters. The summed E-state index contributed by atoms with van der Waals surface area (Å²) in [6.45, 7) is 2.23. The quantitative estimate of drug-likeness (QED) is 0.476. The highest BCUT2D eigenvalue weighted by Gasteiger charge is 2.37. The van der Waals surface area contributed by atoms with Crippen molar-refractivity contribution < 1.29 is 13.6 Å². The van der Waals surface area contributed by atoms with Crippen LogP contribution < -0.4 is 16.8 Å². The Morgan fingerprint density at radius 1 is 1.19 bits per heavy atom. The summed E-state index contributed by atoms with van der Waals surface area (Å²) in [6, 6.07) is 7.51. The number of primary amides is 1. The van der Waals surface area contributed by atoms with Crippen molar-refractivity contribution in [2.45, 2.75) is 24.9 Å². The Bertz CT molecular complexity index is 1110. The molecule has 4 rings (SSSR count). The van der Waals surface area contributed by atoms with E-state index in [9.17, 15) is 13.6 Å². The zero-order chi connectivity index (χ0) is 22.7. The van der Waals surface area contributed by atoms with Gasteiger partial charge in [0.1, 0.15) is 5.56 Å². The molecule has 5 N–H and O–H groups in total. The van der Waals surface area contributed by atoms with E-state index in [0.29, 0.717) is 50.4 Å². The van der Waals surface area contributed by atoms with E-state index in [1.807, 2.05) is 0 Å². The molecule has 11 heteroatoms. The van der Waals surface area contributed by atoms with Gasteiger partial charge in [-0.15, -0.1) is 0 Å². The van der Waals surface area contributed by atoms with Gasteiger partial charge in [0.15, 0.2) is 5.82 Å². The number of halogens is 2. The maximum Gasteiger partial charge on any atom is 0.254 e. The lowest BCUT2D eigenvalue weighted by Gasteiger charge is -2.41. The van der Waals surface area contributed by atoms with Crippen molar-refractivity contribution in [1.82, 2.24) is 24.6 Å². The topological polar surface area (TPSA) is 128 Å². The molecule has 3 aromatic rings. The van der Waals surface area contributed by atoms with E-state index in [-0.39, 0.29) is 11.4 Å². The molecule has 0 unspecified atom stereocenters. The van der Waals surface area contributed by atoms with Gasteiger partial charge in [-0.2, -0.15) is 13.9 Å². The van der Waals surface area contributed by atoms with E-state index in [4.69, 9.17) is 11.5 Å². The average Bonchev–Trinajstić information content (AvgIpc) is 3.19. The van der Waals surface area contributed by atoms with Gasteiger partial charge in [-0.05, 0) is 31.0 Å². The van der Waals surface area contributed by atoms with Gasteiger partial charge in [0.25, 0.3) is 5.91 Å². The molecule has 9 nitrogen and oxygen atoms in total. The van der Waals surface area contributed by atoms with Crippen LogP contribution >= 0.6 is 0 Å². The number of piperidine rings is 1. The number of hydrogen-bond acceptors (Lipinski definition) is 7. The van der Waals surface area contributed by atoms with Gasteiger partial charge in [0.2, 0.25) is 11.9 Å². The van der Waals surface area contributed by atoms with E-state index in [0.717, 1.165) is 0 Å². The van der Waals surface area contributed by atoms with Crippen LogP contribution in [-0.4, -0.2) is 50.2 Å². The number of hydrogen-bond donors (Lipinski definition) is 3. The smallest absolute Gasteiger partial charge is 0.254 e. The Labute approximate surface area is 183 Å². The summed E-state index contributed by atoms with van der Waals surface area (Å²) in [7, 11) is 0. The summed E-state index contributed by atoms with van der Waals surface area (Å²) < 4.78 is 28.5. The van der Waals surface area contributed by atoms with E-state index >= 15 is 0 Å². The summed E-state index contributed by atoms with van der Waals surface area (Å²) in [5.74, 6) is -1.59. The van der Waals surface area contributed by atoms with Crippen LogP contribution in [-0.2, 0) is 12.1 Å². The monoisotopic (exact) mass is 442 g/mol. The Balaban J connectivity index is 1.53. The number of carbonyl (C=O) groups excluding carboxylic acids is 1. The highest BCUT2D eigenvalue weighted by atomic mass is 19.1. The summed E-state index contributed by atoms with van der Waals surface area (Å²) in [4.78, 5) is 21.6. The Kier molecular flexibility index (Phi) is 6.10. The number of nitrogens with zero attached hydrogens (tertiary/aromatic N) is 5. The normalized spacial score (nSPS) is 16.1. The van der Waals surface area contributed by atoms with E-state index < -0.39 is 23.3 Å². The molecule has 4 heterocycles. The molecule has 0 spiro atoms. The fourth-order valence-corrected chi connectivity index (χ4v) is 3.93. The fraction of sp³-hybridized carbons (Fsp3) is 0.333. The molecule has 0 radical (unpaired) electrons. The van der Waals surface area contributed by atoms with Crippen molar-refractivity contribution in [2.24, 2.45) is 11.5 Å². The number of pyridine rings is 2. The van der Waals surface area contributed by atoms with Crippen molar-refractivity contribution in [3.63, 3.8) is 0 Å². The Morgan fingerprint density at radius 2 is 1.97 bits per heavy atom. The summed E-state index contributed by atoms with van der Waals surface area (Å²) in [6.07, 6.45) is 4.23. The Hall–Kier alpha value is -3.44. The van der Waals surface area contributed by atoms with Crippen LogP contribution in [0.5, 0.6) is 0 Å². The highest BCUT2D eigenvalue weighted by Crippen LogP contribution is 2.32. The summed E-state index contributed by atoms with van der Waals surface area (Å²) in [5.41, 5.74) is 12.4. The van der Waals surface area contributed by atoms with Crippen molar-refractivity contribution >= 4 is 17.4 Å². The maximum atomic E-state index is 13.4. The molecule has 168 valence electrons. The molecule has 0 aromatic carbocycles. The second-order valence-corrected chi connectivity index (χ2v) is 7.85. The lowest BCUT2D eigenvalue weighted by molar-refractivity contribution is 0.0979. The summed E-state index contributed by atoms with van der Waals surface area (Å²) in [5, 5.41) is 7.48. The van der Waals surface area contributed by atoms with Crippen LogP contribution in [0.15, 0.2) is 42.7 Å². The molecule has 3 aromatic heterocycles. The average molecular weight is 442 g/mol. The molecule has 1 amide bonds. The van der Waals surface area contributed by atoms with E-state index in [2.05, 4.69) is 25.3 Å². The third-order valence-electron chi connectivity index (χ3n) is 5.78. The van der Waals surface area contributed by atoms with Crippen molar-refractivity contribution in [1.29, 1.82) is 0 Å². The second-order valence-electron chi connectivity index (χ2n) is 7.85.